The fourth-order valence-corrected chi connectivity index (χ4v) is 3.53. The minimum atomic E-state index is -0.647. The molecular formula is C15H12FN3O2S2. The fourth-order valence-electron chi connectivity index (χ4n) is 2.00. The molecule has 0 radical (unpaired) electrons. The molecule has 0 unspecified atom stereocenters. The number of nitrogens with one attached hydrogen (secondary N) is 1. The van der Waals surface area contributed by atoms with Crippen molar-refractivity contribution in [3.8, 4) is 0 Å². The van der Waals surface area contributed by atoms with Crippen LogP contribution in [0.25, 0.3) is 0 Å². The first kappa shape index (κ1) is 15.7. The van der Waals surface area contributed by atoms with E-state index in [0.717, 1.165) is 4.88 Å². The second-order valence-corrected chi connectivity index (χ2v) is 6.64. The third kappa shape index (κ3) is 3.59. The average Bonchev–Trinajstić information content (AvgIpc) is 3.17. The van der Waals surface area contributed by atoms with Gasteiger partial charge < -0.3 is 0 Å². The zero-order chi connectivity index (χ0) is 16.2. The average molecular weight is 349 g/mol. The number of carbonyl (C=O) groups excluding carboxylic acids is 2. The predicted octanol–water partition coefficient (Wildman–Crippen LogP) is 2.66. The Morgan fingerprint density at radius 1 is 1.30 bits per heavy atom. The molecule has 3 rings (SSSR count). The summed E-state index contributed by atoms with van der Waals surface area (Å²) in [6.07, 6.45) is 0. The SMILES string of the molecule is O=C(NN=C1SCC(=O)N1Cc1cccs1)c1ccccc1F. The summed E-state index contributed by atoms with van der Waals surface area (Å²) in [7, 11) is 0. The highest BCUT2D eigenvalue weighted by molar-refractivity contribution is 8.15. The van der Waals surface area contributed by atoms with Crippen LogP contribution < -0.4 is 5.43 Å². The van der Waals surface area contributed by atoms with Crippen LogP contribution in [0.5, 0.6) is 0 Å². The Morgan fingerprint density at radius 2 is 2.13 bits per heavy atom. The molecule has 0 saturated carbocycles. The molecule has 1 N–H and O–H groups in total. The summed E-state index contributed by atoms with van der Waals surface area (Å²) in [5.74, 6) is -1.05. The largest absolute Gasteiger partial charge is 0.284 e. The Kier molecular flexibility index (Phi) is 4.73. The van der Waals surface area contributed by atoms with E-state index in [0.29, 0.717) is 11.7 Å². The Hall–Kier alpha value is -2.19. The molecule has 5 nitrogen and oxygen atoms in total. The number of thiophene rings is 1. The molecule has 2 amide bonds. The summed E-state index contributed by atoms with van der Waals surface area (Å²) in [4.78, 5) is 26.4. The smallest absolute Gasteiger partial charge is 0.274 e. The van der Waals surface area contributed by atoms with E-state index >= 15 is 0 Å². The highest BCUT2D eigenvalue weighted by Gasteiger charge is 2.29. The van der Waals surface area contributed by atoms with Gasteiger partial charge in [0.1, 0.15) is 5.82 Å². The standard InChI is InChI=1S/C15H12FN3O2S2/c16-12-6-2-1-5-11(12)14(21)17-18-15-19(13(20)9-23-15)8-10-4-3-7-22-10/h1-7H,8-9H2,(H,17,21). The lowest BCUT2D eigenvalue weighted by molar-refractivity contribution is -0.124. The maximum Gasteiger partial charge on any atom is 0.274 e. The summed E-state index contributed by atoms with van der Waals surface area (Å²) in [5.41, 5.74) is 2.22. The molecule has 0 atom stereocenters. The number of thioether (sulfide) groups is 1. The van der Waals surface area contributed by atoms with E-state index in [9.17, 15) is 14.0 Å². The third-order valence-corrected chi connectivity index (χ3v) is 4.94. The van der Waals surface area contributed by atoms with Gasteiger partial charge in [-0.1, -0.05) is 30.0 Å². The van der Waals surface area contributed by atoms with Gasteiger partial charge in [0.15, 0.2) is 5.17 Å². The molecule has 1 aromatic carbocycles. The van der Waals surface area contributed by atoms with Gasteiger partial charge in [0.05, 0.1) is 17.9 Å². The van der Waals surface area contributed by atoms with Crippen LogP contribution >= 0.6 is 23.1 Å². The van der Waals surface area contributed by atoms with Gasteiger partial charge in [-0.2, -0.15) is 0 Å². The molecule has 23 heavy (non-hydrogen) atoms. The fraction of sp³-hybridized carbons (Fsp3) is 0.133. The summed E-state index contributed by atoms with van der Waals surface area (Å²) in [6, 6.07) is 9.50. The molecule has 1 aliphatic rings. The minimum absolute atomic E-state index is 0.0673. The number of carbonyl (C=O) groups is 2. The quantitative estimate of drug-likeness (QED) is 0.863. The maximum atomic E-state index is 13.6. The van der Waals surface area contributed by atoms with E-state index in [2.05, 4.69) is 10.5 Å². The monoisotopic (exact) mass is 349 g/mol. The van der Waals surface area contributed by atoms with Gasteiger partial charge in [-0.3, -0.25) is 14.5 Å². The van der Waals surface area contributed by atoms with Crippen molar-refractivity contribution in [3.05, 3.63) is 58.0 Å². The Labute approximate surface area is 140 Å². The van der Waals surface area contributed by atoms with E-state index < -0.39 is 11.7 Å². The Bertz CT molecular complexity index is 762. The molecule has 118 valence electrons. The first-order valence-electron chi connectivity index (χ1n) is 6.73. The first-order valence-corrected chi connectivity index (χ1v) is 8.60. The first-order chi connectivity index (χ1) is 11.1. The second-order valence-electron chi connectivity index (χ2n) is 4.66. The van der Waals surface area contributed by atoms with Gasteiger partial charge in [0, 0.05) is 4.88 Å². The van der Waals surface area contributed by atoms with Crippen LogP contribution in [0.2, 0.25) is 0 Å². The van der Waals surface area contributed by atoms with Gasteiger partial charge in [0.2, 0.25) is 5.91 Å². The van der Waals surface area contributed by atoms with Crippen molar-refractivity contribution in [2.45, 2.75) is 6.54 Å². The number of hydrazone groups is 1. The molecule has 1 aliphatic heterocycles. The van der Waals surface area contributed by atoms with Gasteiger partial charge in [-0.15, -0.1) is 16.4 Å². The van der Waals surface area contributed by atoms with E-state index in [1.54, 1.807) is 17.4 Å². The number of rotatable bonds is 4. The zero-order valence-electron chi connectivity index (χ0n) is 11.9. The molecule has 1 aromatic heterocycles. The number of hydrogen-bond acceptors (Lipinski definition) is 5. The van der Waals surface area contributed by atoms with E-state index in [1.807, 2.05) is 17.5 Å². The van der Waals surface area contributed by atoms with Gasteiger partial charge in [-0.25, -0.2) is 9.82 Å². The van der Waals surface area contributed by atoms with Crippen molar-refractivity contribution >= 4 is 40.1 Å². The summed E-state index contributed by atoms with van der Waals surface area (Å²) in [5, 5.41) is 6.32. The lowest BCUT2D eigenvalue weighted by atomic mass is 10.2. The third-order valence-electron chi connectivity index (χ3n) is 3.12. The Balaban J connectivity index is 1.72. The topological polar surface area (TPSA) is 61.8 Å². The van der Waals surface area contributed by atoms with Crippen molar-refractivity contribution in [1.29, 1.82) is 0 Å². The molecule has 8 heteroatoms. The van der Waals surface area contributed by atoms with E-state index in [4.69, 9.17) is 0 Å². The predicted molar refractivity (Wildman–Crippen MR) is 88.6 cm³/mol. The van der Waals surface area contributed by atoms with Crippen molar-refractivity contribution in [1.82, 2.24) is 10.3 Å². The van der Waals surface area contributed by atoms with Gasteiger partial charge in [-0.05, 0) is 23.6 Å². The normalized spacial score (nSPS) is 16.1. The Morgan fingerprint density at radius 3 is 2.87 bits per heavy atom. The van der Waals surface area contributed by atoms with Gasteiger partial charge in [0.25, 0.3) is 5.91 Å². The summed E-state index contributed by atoms with van der Waals surface area (Å²) >= 11 is 2.79. The number of amidine groups is 1. The van der Waals surface area contributed by atoms with Crippen LogP contribution in [0.1, 0.15) is 15.2 Å². The van der Waals surface area contributed by atoms with Crippen molar-refractivity contribution in [3.63, 3.8) is 0 Å². The molecule has 0 bridgehead atoms. The summed E-state index contributed by atoms with van der Waals surface area (Å²) in [6.45, 7) is 0.415. The second kappa shape index (κ2) is 6.93. The highest BCUT2D eigenvalue weighted by atomic mass is 32.2. The molecule has 2 heterocycles. The number of benzene rings is 1. The molecular weight excluding hydrogens is 337 g/mol. The molecule has 0 aliphatic carbocycles. The lowest BCUT2D eigenvalue weighted by Gasteiger charge is -2.14. The van der Waals surface area contributed by atoms with Gasteiger partial charge >= 0.3 is 0 Å². The number of amides is 2. The molecule has 1 fully saturated rings. The van der Waals surface area contributed by atoms with Crippen LogP contribution in [0.15, 0.2) is 46.9 Å². The molecule has 0 spiro atoms. The van der Waals surface area contributed by atoms with E-state index in [1.165, 1.54) is 34.9 Å². The maximum absolute atomic E-state index is 13.6. The van der Waals surface area contributed by atoms with E-state index in [-0.39, 0.29) is 17.2 Å². The van der Waals surface area contributed by atoms with Crippen molar-refractivity contribution < 1.29 is 14.0 Å². The van der Waals surface area contributed by atoms with Crippen LogP contribution in [-0.2, 0) is 11.3 Å². The van der Waals surface area contributed by atoms with Crippen molar-refractivity contribution in [2.24, 2.45) is 5.10 Å². The summed E-state index contributed by atoms with van der Waals surface area (Å²) < 4.78 is 13.6. The van der Waals surface area contributed by atoms with Crippen LogP contribution in [-0.4, -0.2) is 27.6 Å². The molecule has 1 saturated heterocycles. The van der Waals surface area contributed by atoms with Crippen LogP contribution in [0.4, 0.5) is 4.39 Å². The zero-order valence-corrected chi connectivity index (χ0v) is 13.5. The molecule has 2 aromatic rings. The van der Waals surface area contributed by atoms with Crippen molar-refractivity contribution in [2.75, 3.05) is 5.75 Å². The van der Waals surface area contributed by atoms with Crippen LogP contribution in [0, 0.1) is 5.82 Å². The number of nitrogens with zero attached hydrogens (tertiary/aromatic N) is 2. The minimum Gasteiger partial charge on any atom is -0.284 e. The highest BCUT2D eigenvalue weighted by Crippen LogP contribution is 2.23. The van der Waals surface area contributed by atoms with Crippen LogP contribution in [0.3, 0.4) is 0 Å². The number of hydrogen-bond donors (Lipinski definition) is 1. The number of halogens is 1. The lowest BCUT2D eigenvalue weighted by Crippen LogP contribution is -2.31.